The van der Waals surface area contributed by atoms with Gasteiger partial charge in [0.05, 0.1) is 6.10 Å². The lowest BCUT2D eigenvalue weighted by Crippen LogP contribution is -2.30. The molecule has 1 aromatic carbocycles. The minimum absolute atomic E-state index is 0.0182. The molecule has 1 saturated heterocycles. The zero-order valence-corrected chi connectivity index (χ0v) is 14.9. The summed E-state index contributed by atoms with van der Waals surface area (Å²) in [4.78, 5) is 26.4. The first-order valence-electron chi connectivity index (χ1n) is 9.38. The van der Waals surface area contributed by atoms with Crippen molar-refractivity contribution in [3.63, 3.8) is 0 Å². The van der Waals surface area contributed by atoms with Gasteiger partial charge in [0.25, 0.3) is 5.91 Å². The van der Waals surface area contributed by atoms with Gasteiger partial charge in [0, 0.05) is 37.0 Å². The molecule has 2 fully saturated rings. The predicted molar refractivity (Wildman–Crippen MR) is 95.9 cm³/mol. The molecule has 5 heteroatoms. The van der Waals surface area contributed by atoms with Crippen LogP contribution in [0.3, 0.4) is 0 Å². The van der Waals surface area contributed by atoms with Crippen molar-refractivity contribution >= 4 is 11.8 Å². The second-order valence-electron chi connectivity index (χ2n) is 7.44. The number of benzene rings is 1. The maximum absolute atomic E-state index is 12.5. The summed E-state index contributed by atoms with van der Waals surface area (Å²) in [5, 5.41) is 12.7. The van der Waals surface area contributed by atoms with Gasteiger partial charge in [0.15, 0.2) is 0 Å². The molecule has 136 valence electrons. The van der Waals surface area contributed by atoms with Gasteiger partial charge in [-0.15, -0.1) is 0 Å². The zero-order chi connectivity index (χ0) is 17.8. The van der Waals surface area contributed by atoms with Gasteiger partial charge in [-0.05, 0) is 43.9 Å². The van der Waals surface area contributed by atoms with E-state index in [1.54, 1.807) is 6.92 Å². The van der Waals surface area contributed by atoms with Crippen LogP contribution in [0.25, 0.3) is 0 Å². The molecule has 1 saturated carbocycles. The maximum Gasteiger partial charge on any atom is 0.253 e. The number of carbonyl (C=O) groups excluding carboxylic acids is 2. The molecule has 2 N–H and O–H groups in total. The van der Waals surface area contributed by atoms with Crippen molar-refractivity contribution in [2.45, 2.75) is 51.7 Å². The fourth-order valence-corrected chi connectivity index (χ4v) is 3.83. The van der Waals surface area contributed by atoms with Crippen LogP contribution in [0.2, 0.25) is 0 Å². The first-order valence-corrected chi connectivity index (χ1v) is 9.38. The molecule has 5 nitrogen and oxygen atoms in total. The highest BCUT2D eigenvalue weighted by Gasteiger charge is 2.29. The summed E-state index contributed by atoms with van der Waals surface area (Å²) < 4.78 is 0. The average molecular weight is 344 g/mol. The van der Waals surface area contributed by atoms with E-state index in [-0.39, 0.29) is 29.8 Å². The summed E-state index contributed by atoms with van der Waals surface area (Å²) in [6.07, 6.45) is 4.80. The van der Waals surface area contributed by atoms with Gasteiger partial charge < -0.3 is 15.3 Å². The van der Waals surface area contributed by atoms with Crippen LogP contribution in [0.1, 0.15) is 54.9 Å². The third-order valence-corrected chi connectivity index (χ3v) is 5.59. The molecular formula is C20H28N2O3. The molecule has 0 radical (unpaired) electrons. The van der Waals surface area contributed by atoms with E-state index in [2.05, 4.69) is 5.32 Å². The Morgan fingerprint density at radius 2 is 1.88 bits per heavy atom. The van der Waals surface area contributed by atoms with Crippen molar-refractivity contribution < 1.29 is 14.7 Å². The number of hydrogen-bond acceptors (Lipinski definition) is 3. The van der Waals surface area contributed by atoms with Crippen molar-refractivity contribution in [2.75, 3.05) is 13.1 Å². The van der Waals surface area contributed by atoms with Crippen molar-refractivity contribution in [3.8, 4) is 0 Å². The SMILES string of the molecule is CC(O)C1CCN(C(=O)c2ccc(CNC(=O)C3CCCC3)cc2)C1. The molecule has 2 atom stereocenters. The lowest BCUT2D eigenvalue weighted by Gasteiger charge is -2.18. The molecule has 1 heterocycles. The number of likely N-dealkylation sites (tertiary alicyclic amines) is 1. The molecule has 2 unspecified atom stereocenters. The number of aliphatic hydroxyl groups is 1. The molecule has 25 heavy (non-hydrogen) atoms. The lowest BCUT2D eigenvalue weighted by atomic mass is 10.0. The summed E-state index contributed by atoms with van der Waals surface area (Å²) in [5.74, 6) is 0.524. The molecule has 0 aromatic heterocycles. The molecule has 3 rings (SSSR count). The van der Waals surface area contributed by atoms with Gasteiger partial charge in [-0.3, -0.25) is 9.59 Å². The number of carbonyl (C=O) groups is 2. The highest BCUT2D eigenvalue weighted by Crippen LogP contribution is 2.25. The van der Waals surface area contributed by atoms with Gasteiger partial charge in [-0.25, -0.2) is 0 Å². The number of aliphatic hydroxyl groups excluding tert-OH is 1. The van der Waals surface area contributed by atoms with Crippen LogP contribution >= 0.6 is 0 Å². The second kappa shape index (κ2) is 8.00. The largest absolute Gasteiger partial charge is 0.393 e. The van der Waals surface area contributed by atoms with Crippen molar-refractivity contribution in [3.05, 3.63) is 35.4 Å². The molecule has 2 amide bonds. The van der Waals surface area contributed by atoms with E-state index in [9.17, 15) is 14.7 Å². The number of amides is 2. The molecule has 1 aliphatic heterocycles. The second-order valence-corrected chi connectivity index (χ2v) is 7.44. The molecule has 2 aliphatic rings. The van der Waals surface area contributed by atoms with Crippen LogP contribution in [0.4, 0.5) is 0 Å². The highest BCUT2D eigenvalue weighted by molar-refractivity contribution is 5.94. The summed E-state index contributed by atoms with van der Waals surface area (Å²) >= 11 is 0. The highest BCUT2D eigenvalue weighted by atomic mass is 16.3. The number of nitrogens with one attached hydrogen (secondary N) is 1. The lowest BCUT2D eigenvalue weighted by molar-refractivity contribution is -0.124. The molecular weight excluding hydrogens is 316 g/mol. The summed E-state index contributed by atoms with van der Waals surface area (Å²) in [6.45, 7) is 3.62. The first-order chi connectivity index (χ1) is 12.0. The van der Waals surface area contributed by atoms with E-state index in [1.807, 2.05) is 29.2 Å². The van der Waals surface area contributed by atoms with E-state index in [1.165, 1.54) is 0 Å². The minimum Gasteiger partial charge on any atom is -0.393 e. The number of hydrogen-bond donors (Lipinski definition) is 2. The molecule has 0 spiro atoms. The Hall–Kier alpha value is -1.88. The predicted octanol–water partition coefficient (Wildman–Crippen LogP) is 2.34. The van der Waals surface area contributed by atoms with Gasteiger partial charge in [0.1, 0.15) is 0 Å². The van der Waals surface area contributed by atoms with E-state index in [0.717, 1.165) is 37.7 Å². The Balaban J connectivity index is 1.51. The Morgan fingerprint density at radius 3 is 2.48 bits per heavy atom. The topological polar surface area (TPSA) is 69.6 Å². The van der Waals surface area contributed by atoms with Crippen LogP contribution in [0.5, 0.6) is 0 Å². The van der Waals surface area contributed by atoms with Crippen molar-refractivity contribution in [1.29, 1.82) is 0 Å². The Bertz CT molecular complexity index is 606. The van der Waals surface area contributed by atoms with Crippen LogP contribution < -0.4 is 5.32 Å². The van der Waals surface area contributed by atoms with Gasteiger partial charge in [-0.1, -0.05) is 25.0 Å². The van der Waals surface area contributed by atoms with Crippen LogP contribution in [0.15, 0.2) is 24.3 Å². The molecule has 1 aromatic rings. The summed E-state index contributed by atoms with van der Waals surface area (Å²) in [6, 6.07) is 7.47. The third kappa shape index (κ3) is 4.40. The van der Waals surface area contributed by atoms with E-state index >= 15 is 0 Å². The van der Waals surface area contributed by atoms with Crippen molar-refractivity contribution in [1.82, 2.24) is 10.2 Å². The average Bonchev–Trinajstić information content (AvgIpc) is 3.31. The van der Waals surface area contributed by atoms with Crippen LogP contribution in [-0.4, -0.2) is 41.0 Å². The maximum atomic E-state index is 12.5. The minimum atomic E-state index is -0.372. The smallest absolute Gasteiger partial charge is 0.253 e. The Morgan fingerprint density at radius 1 is 1.20 bits per heavy atom. The Labute approximate surface area is 149 Å². The summed E-state index contributed by atoms with van der Waals surface area (Å²) in [5.41, 5.74) is 1.67. The van der Waals surface area contributed by atoms with E-state index < -0.39 is 0 Å². The monoisotopic (exact) mass is 344 g/mol. The number of rotatable bonds is 5. The van der Waals surface area contributed by atoms with Crippen molar-refractivity contribution in [2.24, 2.45) is 11.8 Å². The quantitative estimate of drug-likeness (QED) is 0.861. The molecule has 0 bridgehead atoms. The van der Waals surface area contributed by atoms with Gasteiger partial charge >= 0.3 is 0 Å². The Kier molecular flexibility index (Phi) is 5.74. The van der Waals surface area contributed by atoms with Crippen LogP contribution in [0, 0.1) is 11.8 Å². The molecule has 1 aliphatic carbocycles. The fraction of sp³-hybridized carbons (Fsp3) is 0.600. The zero-order valence-electron chi connectivity index (χ0n) is 14.9. The standard InChI is InChI=1S/C20H28N2O3/c1-14(23)18-10-11-22(13-18)20(25)17-8-6-15(7-9-17)12-21-19(24)16-4-2-3-5-16/h6-9,14,16,18,23H,2-5,10-13H2,1H3,(H,21,24). The van der Waals surface area contributed by atoms with Gasteiger partial charge in [0.2, 0.25) is 5.91 Å². The first kappa shape index (κ1) is 17.9. The van der Waals surface area contributed by atoms with E-state index in [4.69, 9.17) is 0 Å². The van der Waals surface area contributed by atoms with Gasteiger partial charge in [-0.2, -0.15) is 0 Å². The third-order valence-electron chi connectivity index (χ3n) is 5.59. The normalized spacial score (nSPS) is 22.2. The number of nitrogens with zero attached hydrogens (tertiary/aromatic N) is 1. The fourth-order valence-electron chi connectivity index (χ4n) is 3.83. The van der Waals surface area contributed by atoms with E-state index in [0.29, 0.717) is 25.2 Å². The summed E-state index contributed by atoms with van der Waals surface area (Å²) in [7, 11) is 0. The van der Waals surface area contributed by atoms with Crippen LogP contribution in [-0.2, 0) is 11.3 Å².